The molecule has 0 saturated carbocycles. The van der Waals surface area contributed by atoms with Crippen LogP contribution >= 0.6 is 15.9 Å². The number of nitrogen functional groups attached to an aromatic ring is 1. The van der Waals surface area contributed by atoms with E-state index in [0.29, 0.717) is 18.0 Å². The van der Waals surface area contributed by atoms with Crippen LogP contribution in [0.5, 0.6) is 5.75 Å². The minimum Gasteiger partial charge on any atom is -0.487 e. The quantitative estimate of drug-likeness (QED) is 0.939. The van der Waals surface area contributed by atoms with E-state index in [9.17, 15) is 0 Å². The van der Waals surface area contributed by atoms with Crippen molar-refractivity contribution in [3.05, 3.63) is 52.8 Å². The first-order valence-electron chi connectivity index (χ1n) is 4.82. The van der Waals surface area contributed by atoms with Crippen molar-refractivity contribution in [3.8, 4) is 5.75 Å². The molecule has 4 heteroatoms. The zero-order valence-corrected chi connectivity index (χ0v) is 10.1. The Morgan fingerprint density at radius 1 is 1.31 bits per heavy atom. The van der Waals surface area contributed by atoms with Gasteiger partial charge in [-0.1, -0.05) is 28.1 Å². The number of hydrogen-bond donors (Lipinski definition) is 1. The van der Waals surface area contributed by atoms with Crippen LogP contribution in [-0.4, -0.2) is 4.98 Å². The summed E-state index contributed by atoms with van der Waals surface area (Å²) in [5, 5.41) is 0. The number of ether oxygens (including phenoxy) is 1. The minimum atomic E-state index is 0.494. The molecule has 0 unspecified atom stereocenters. The van der Waals surface area contributed by atoms with Gasteiger partial charge in [0.1, 0.15) is 12.4 Å². The van der Waals surface area contributed by atoms with Gasteiger partial charge in [0.25, 0.3) is 0 Å². The first kappa shape index (κ1) is 11.0. The van der Waals surface area contributed by atoms with Gasteiger partial charge in [-0.3, -0.25) is 4.98 Å². The zero-order valence-electron chi connectivity index (χ0n) is 8.56. The third-order valence-corrected chi connectivity index (χ3v) is 2.59. The van der Waals surface area contributed by atoms with Gasteiger partial charge in [0.05, 0.1) is 11.9 Å². The van der Waals surface area contributed by atoms with Crippen LogP contribution in [0.2, 0.25) is 0 Å². The van der Waals surface area contributed by atoms with Crippen molar-refractivity contribution in [1.82, 2.24) is 4.98 Å². The molecule has 0 amide bonds. The van der Waals surface area contributed by atoms with E-state index < -0.39 is 0 Å². The molecular formula is C12H11BrN2O. The van der Waals surface area contributed by atoms with E-state index >= 15 is 0 Å². The molecule has 2 aromatic rings. The summed E-state index contributed by atoms with van der Waals surface area (Å²) in [7, 11) is 0. The van der Waals surface area contributed by atoms with Crippen molar-refractivity contribution in [2.24, 2.45) is 0 Å². The van der Waals surface area contributed by atoms with Crippen LogP contribution in [0.3, 0.4) is 0 Å². The van der Waals surface area contributed by atoms with Crippen LogP contribution in [0, 0.1) is 0 Å². The summed E-state index contributed by atoms with van der Waals surface area (Å²) in [6, 6.07) is 9.72. The second-order valence-corrected chi connectivity index (χ2v) is 4.25. The van der Waals surface area contributed by atoms with Gasteiger partial charge >= 0.3 is 0 Å². The summed E-state index contributed by atoms with van der Waals surface area (Å²) in [4.78, 5) is 3.90. The molecule has 1 heterocycles. The Hall–Kier alpha value is -1.55. The molecule has 0 aliphatic heterocycles. The van der Waals surface area contributed by atoms with E-state index in [1.54, 1.807) is 18.5 Å². The van der Waals surface area contributed by atoms with Crippen molar-refractivity contribution in [1.29, 1.82) is 0 Å². The average Bonchev–Trinajstić information content (AvgIpc) is 2.28. The summed E-state index contributed by atoms with van der Waals surface area (Å²) < 4.78 is 6.63. The Labute approximate surface area is 102 Å². The Kier molecular flexibility index (Phi) is 3.41. The van der Waals surface area contributed by atoms with Crippen LogP contribution in [0.15, 0.2) is 47.2 Å². The minimum absolute atomic E-state index is 0.494. The molecule has 0 fully saturated rings. The number of nitrogens with two attached hydrogens (primary N) is 1. The number of halogens is 1. The number of anilines is 1. The standard InChI is InChI=1S/C12H11BrN2O/c13-10-3-1-2-9(6-10)8-16-12-4-5-15-7-11(12)14/h1-7H,8,14H2. The molecule has 2 N–H and O–H groups in total. The lowest BCUT2D eigenvalue weighted by molar-refractivity contribution is 0.307. The fourth-order valence-electron chi connectivity index (χ4n) is 1.31. The maximum absolute atomic E-state index is 5.72. The molecule has 1 aromatic carbocycles. The molecule has 82 valence electrons. The fourth-order valence-corrected chi connectivity index (χ4v) is 1.76. The Morgan fingerprint density at radius 2 is 2.19 bits per heavy atom. The normalized spacial score (nSPS) is 10.1. The molecule has 0 spiro atoms. The third-order valence-electron chi connectivity index (χ3n) is 2.09. The van der Waals surface area contributed by atoms with Crippen molar-refractivity contribution < 1.29 is 4.74 Å². The molecule has 0 atom stereocenters. The Morgan fingerprint density at radius 3 is 2.94 bits per heavy atom. The van der Waals surface area contributed by atoms with Gasteiger partial charge in [-0.25, -0.2) is 0 Å². The Balaban J connectivity index is 2.05. The van der Waals surface area contributed by atoms with Crippen LogP contribution in [0.4, 0.5) is 5.69 Å². The highest BCUT2D eigenvalue weighted by Crippen LogP contribution is 2.20. The highest BCUT2D eigenvalue weighted by atomic mass is 79.9. The summed E-state index contributed by atoms with van der Waals surface area (Å²) >= 11 is 3.41. The van der Waals surface area contributed by atoms with Crippen LogP contribution in [0.1, 0.15) is 5.56 Å². The topological polar surface area (TPSA) is 48.1 Å². The maximum Gasteiger partial charge on any atom is 0.145 e. The molecule has 0 aliphatic rings. The van der Waals surface area contributed by atoms with Crippen LogP contribution < -0.4 is 10.5 Å². The number of nitrogens with zero attached hydrogens (tertiary/aromatic N) is 1. The molecule has 16 heavy (non-hydrogen) atoms. The Bertz CT molecular complexity index is 488. The van der Waals surface area contributed by atoms with Gasteiger partial charge < -0.3 is 10.5 Å². The second-order valence-electron chi connectivity index (χ2n) is 3.33. The maximum atomic E-state index is 5.72. The SMILES string of the molecule is Nc1cnccc1OCc1cccc(Br)c1. The molecule has 0 saturated heterocycles. The highest BCUT2D eigenvalue weighted by molar-refractivity contribution is 9.10. The predicted molar refractivity (Wildman–Crippen MR) is 67.1 cm³/mol. The largest absolute Gasteiger partial charge is 0.487 e. The van der Waals surface area contributed by atoms with E-state index in [1.165, 1.54) is 0 Å². The van der Waals surface area contributed by atoms with E-state index in [1.807, 2.05) is 24.3 Å². The number of pyridine rings is 1. The molecule has 2 rings (SSSR count). The van der Waals surface area contributed by atoms with Gasteiger partial charge in [0.2, 0.25) is 0 Å². The predicted octanol–water partition coefficient (Wildman–Crippen LogP) is 3.01. The lowest BCUT2D eigenvalue weighted by Crippen LogP contribution is -1.98. The first-order valence-corrected chi connectivity index (χ1v) is 5.62. The van der Waals surface area contributed by atoms with Crippen LogP contribution in [0.25, 0.3) is 0 Å². The van der Waals surface area contributed by atoms with Gasteiger partial charge in [-0.15, -0.1) is 0 Å². The monoisotopic (exact) mass is 278 g/mol. The molecule has 3 nitrogen and oxygen atoms in total. The molecular weight excluding hydrogens is 268 g/mol. The number of aromatic nitrogens is 1. The van der Waals surface area contributed by atoms with E-state index in [4.69, 9.17) is 10.5 Å². The summed E-state index contributed by atoms with van der Waals surface area (Å²) in [5.74, 6) is 0.662. The highest BCUT2D eigenvalue weighted by Gasteiger charge is 2.00. The fraction of sp³-hybridized carbons (Fsp3) is 0.0833. The number of benzene rings is 1. The van der Waals surface area contributed by atoms with E-state index in [0.717, 1.165) is 10.0 Å². The summed E-state index contributed by atoms with van der Waals surface area (Å²) in [6.07, 6.45) is 3.24. The summed E-state index contributed by atoms with van der Waals surface area (Å²) in [5.41, 5.74) is 7.36. The summed E-state index contributed by atoms with van der Waals surface area (Å²) in [6.45, 7) is 0.494. The lowest BCUT2D eigenvalue weighted by atomic mass is 10.2. The van der Waals surface area contributed by atoms with Crippen molar-refractivity contribution in [2.45, 2.75) is 6.61 Å². The smallest absolute Gasteiger partial charge is 0.145 e. The van der Waals surface area contributed by atoms with E-state index in [2.05, 4.69) is 20.9 Å². The third kappa shape index (κ3) is 2.73. The van der Waals surface area contributed by atoms with Gasteiger partial charge in [-0.2, -0.15) is 0 Å². The molecule has 0 radical (unpaired) electrons. The first-order chi connectivity index (χ1) is 7.75. The van der Waals surface area contributed by atoms with Crippen molar-refractivity contribution in [2.75, 3.05) is 5.73 Å². The van der Waals surface area contributed by atoms with Crippen molar-refractivity contribution >= 4 is 21.6 Å². The van der Waals surface area contributed by atoms with E-state index in [-0.39, 0.29) is 0 Å². The number of rotatable bonds is 3. The van der Waals surface area contributed by atoms with Crippen LogP contribution in [-0.2, 0) is 6.61 Å². The molecule has 1 aromatic heterocycles. The average molecular weight is 279 g/mol. The van der Waals surface area contributed by atoms with Gasteiger partial charge in [0.15, 0.2) is 0 Å². The lowest BCUT2D eigenvalue weighted by Gasteiger charge is -2.08. The van der Waals surface area contributed by atoms with Crippen molar-refractivity contribution in [3.63, 3.8) is 0 Å². The number of hydrogen-bond acceptors (Lipinski definition) is 3. The molecule has 0 bridgehead atoms. The van der Waals surface area contributed by atoms with Gasteiger partial charge in [0, 0.05) is 16.7 Å². The zero-order chi connectivity index (χ0) is 11.4. The molecule has 0 aliphatic carbocycles. The van der Waals surface area contributed by atoms with Gasteiger partial charge in [-0.05, 0) is 17.7 Å². The second kappa shape index (κ2) is 4.99.